The van der Waals surface area contributed by atoms with E-state index in [1.54, 1.807) is 23.7 Å². The van der Waals surface area contributed by atoms with Crippen molar-refractivity contribution in [1.82, 2.24) is 14.9 Å². The number of amides is 1. The molecule has 3 heterocycles. The van der Waals surface area contributed by atoms with E-state index in [-0.39, 0.29) is 28.4 Å². The molecule has 2 unspecified atom stereocenters. The first-order valence-corrected chi connectivity index (χ1v) is 12.7. The molecule has 1 aliphatic heterocycles. The number of hydrogen-bond acceptors (Lipinski definition) is 6. The van der Waals surface area contributed by atoms with E-state index >= 15 is 0 Å². The molecule has 8 heteroatoms. The fourth-order valence-electron chi connectivity index (χ4n) is 4.64. The Balaban J connectivity index is 1.23. The lowest BCUT2D eigenvalue weighted by Gasteiger charge is -2.31. The summed E-state index contributed by atoms with van der Waals surface area (Å²) in [6.45, 7) is 3.39. The molecule has 30 heavy (non-hydrogen) atoms. The Hall–Kier alpha value is -2.32. The number of fused-ring (bicyclic) bond motifs is 2. The highest BCUT2D eigenvalue weighted by Crippen LogP contribution is 2.58. The van der Waals surface area contributed by atoms with E-state index in [9.17, 15) is 13.2 Å². The minimum absolute atomic E-state index is 0.0139. The molecule has 2 aromatic heterocycles. The van der Waals surface area contributed by atoms with Crippen molar-refractivity contribution in [1.29, 1.82) is 0 Å². The zero-order valence-electron chi connectivity index (χ0n) is 16.7. The predicted molar refractivity (Wildman–Crippen MR) is 116 cm³/mol. The lowest BCUT2D eigenvalue weighted by molar-refractivity contribution is -0.131. The molecule has 2 fully saturated rings. The minimum atomic E-state index is -3.54. The molecule has 5 rings (SSSR count). The van der Waals surface area contributed by atoms with Crippen LogP contribution in [-0.4, -0.2) is 48.0 Å². The number of thiazole rings is 1. The summed E-state index contributed by atoms with van der Waals surface area (Å²) in [5.41, 5.74) is 4.71. The van der Waals surface area contributed by atoms with Crippen LogP contribution >= 0.6 is 11.3 Å². The fourth-order valence-corrected chi connectivity index (χ4v) is 7.20. The van der Waals surface area contributed by atoms with Crippen LogP contribution in [0.2, 0.25) is 0 Å². The summed E-state index contributed by atoms with van der Waals surface area (Å²) in [7, 11) is -3.54. The zero-order chi connectivity index (χ0) is 20.9. The van der Waals surface area contributed by atoms with Crippen molar-refractivity contribution in [3.05, 3.63) is 53.3 Å². The number of carbonyl (C=O) groups is 1. The van der Waals surface area contributed by atoms with Crippen molar-refractivity contribution in [2.45, 2.75) is 36.5 Å². The van der Waals surface area contributed by atoms with Gasteiger partial charge in [0.2, 0.25) is 5.91 Å². The quantitative estimate of drug-likeness (QED) is 0.607. The van der Waals surface area contributed by atoms with Crippen LogP contribution in [0.15, 0.2) is 46.9 Å². The summed E-state index contributed by atoms with van der Waals surface area (Å²) in [4.78, 5) is 23.7. The molecule has 1 saturated heterocycles. The van der Waals surface area contributed by atoms with E-state index in [0.717, 1.165) is 24.1 Å². The largest absolute Gasteiger partial charge is 0.342 e. The monoisotopic (exact) mass is 441 g/mol. The summed E-state index contributed by atoms with van der Waals surface area (Å²) in [5, 5.41) is 0. The Morgan fingerprint density at radius 2 is 2.13 bits per heavy atom. The van der Waals surface area contributed by atoms with Gasteiger partial charge in [-0.1, -0.05) is 12.1 Å². The van der Waals surface area contributed by atoms with Crippen LogP contribution in [0.5, 0.6) is 0 Å². The van der Waals surface area contributed by atoms with Gasteiger partial charge in [0.1, 0.15) is 0 Å². The Morgan fingerprint density at radius 3 is 2.90 bits per heavy atom. The molecule has 6 nitrogen and oxygen atoms in total. The van der Waals surface area contributed by atoms with Gasteiger partial charge in [0, 0.05) is 36.8 Å². The number of benzene rings is 1. The third-order valence-electron chi connectivity index (χ3n) is 6.51. The second-order valence-electron chi connectivity index (χ2n) is 8.39. The van der Waals surface area contributed by atoms with Gasteiger partial charge in [-0.25, -0.2) is 13.4 Å². The predicted octanol–water partition coefficient (Wildman–Crippen LogP) is 3.35. The van der Waals surface area contributed by atoms with Crippen LogP contribution < -0.4 is 0 Å². The molecule has 0 spiro atoms. The molecule has 2 aliphatic rings. The highest BCUT2D eigenvalue weighted by molar-refractivity contribution is 7.91. The number of pyridine rings is 1. The number of aromatic nitrogens is 2. The Morgan fingerprint density at radius 1 is 1.27 bits per heavy atom. The molecule has 1 amide bonds. The molecule has 1 aliphatic carbocycles. The van der Waals surface area contributed by atoms with Gasteiger partial charge in [-0.3, -0.25) is 9.78 Å². The standard InChI is InChI=1S/C22H23N3O3S2/c1-15-5-6-19(23-12-15)22-8-9-25(13-16(22)11-22)20(26)7-10-30(27,28)18-4-2-3-17-21(18)29-14-24-17/h2-6,12,14,16H,7-11,13H2,1H3. The van der Waals surface area contributed by atoms with Gasteiger partial charge in [0.15, 0.2) is 9.84 Å². The number of carbonyl (C=O) groups excluding carboxylic acids is 1. The van der Waals surface area contributed by atoms with Gasteiger partial charge in [-0.15, -0.1) is 11.3 Å². The number of rotatable bonds is 5. The van der Waals surface area contributed by atoms with Crippen molar-refractivity contribution in [2.75, 3.05) is 18.8 Å². The number of piperidine rings is 1. The molecule has 0 bridgehead atoms. The lowest BCUT2D eigenvalue weighted by atomic mass is 9.90. The minimum Gasteiger partial charge on any atom is -0.342 e. The molecule has 1 aromatic carbocycles. The molecule has 3 aromatic rings. The van der Waals surface area contributed by atoms with Gasteiger partial charge in [0.25, 0.3) is 0 Å². The number of aryl methyl sites for hydroxylation is 1. The molecule has 0 radical (unpaired) electrons. The van der Waals surface area contributed by atoms with E-state index in [0.29, 0.717) is 29.2 Å². The number of likely N-dealkylation sites (tertiary alicyclic amines) is 1. The summed E-state index contributed by atoms with van der Waals surface area (Å²) >= 11 is 1.32. The summed E-state index contributed by atoms with van der Waals surface area (Å²) < 4.78 is 26.4. The zero-order valence-corrected chi connectivity index (χ0v) is 18.4. The van der Waals surface area contributed by atoms with Crippen LogP contribution in [0.25, 0.3) is 10.2 Å². The first-order valence-electron chi connectivity index (χ1n) is 10.1. The molecule has 1 saturated carbocycles. The van der Waals surface area contributed by atoms with Crippen LogP contribution in [0.3, 0.4) is 0 Å². The normalized spacial score (nSPS) is 23.4. The van der Waals surface area contributed by atoms with Crippen LogP contribution in [-0.2, 0) is 20.0 Å². The first kappa shape index (κ1) is 19.6. The smallest absolute Gasteiger partial charge is 0.223 e. The highest BCUT2D eigenvalue weighted by atomic mass is 32.2. The topological polar surface area (TPSA) is 80.2 Å². The third-order valence-corrected chi connectivity index (χ3v) is 9.27. The van der Waals surface area contributed by atoms with Crippen molar-refractivity contribution in [2.24, 2.45) is 5.92 Å². The van der Waals surface area contributed by atoms with E-state index in [1.165, 1.54) is 11.3 Å². The second-order valence-corrected chi connectivity index (χ2v) is 11.3. The van der Waals surface area contributed by atoms with Crippen molar-refractivity contribution in [3.63, 3.8) is 0 Å². The fraction of sp³-hybridized carbons (Fsp3) is 0.409. The molecular formula is C22H23N3O3S2. The van der Waals surface area contributed by atoms with Crippen LogP contribution in [0.4, 0.5) is 0 Å². The average molecular weight is 442 g/mol. The van der Waals surface area contributed by atoms with Gasteiger partial charge >= 0.3 is 0 Å². The maximum atomic E-state index is 12.9. The maximum Gasteiger partial charge on any atom is 0.223 e. The van der Waals surface area contributed by atoms with Crippen LogP contribution in [0.1, 0.15) is 30.5 Å². The number of nitrogens with zero attached hydrogens (tertiary/aromatic N) is 3. The SMILES string of the molecule is Cc1ccc(C23CCN(C(=O)CCS(=O)(=O)c4cccc5ncsc45)CC2C3)nc1. The van der Waals surface area contributed by atoms with E-state index in [1.807, 2.05) is 18.0 Å². The summed E-state index contributed by atoms with van der Waals surface area (Å²) in [6.07, 6.45) is 3.87. The van der Waals surface area contributed by atoms with Gasteiger partial charge in [-0.05, 0) is 49.4 Å². The average Bonchev–Trinajstić information content (AvgIpc) is 3.29. The summed E-state index contributed by atoms with van der Waals surface area (Å²) in [5.74, 6) is 0.176. The van der Waals surface area contributed by atoms with E-state index in [4.69, 9.17) is 0 Å². The number of sulfone groups is 1. The number of hydrogen-bond donors (Lipinski definition) is 0. The Kier molecular flexibility index (Phi) is 4.67. The van der Waals surface area contributed by atoms with Crippen molar-refractivity contribution >= 4 is 37.3 Å². The van der Waals surface area contributed by atoms with Gasteiger partial charge in [-0.2, -0.15) is 0 Å². The Labute approximate surface area is 179 Å². The third kappa shape index (κ3) is 3.32. The molecule has 156 valence electrons. The van der Waals surface area contributed by atoms with E-state index < -0.39 is 9.84 Å². The van der Waals surface area contributed by atoms with Crippen LogP contribution in [0, 0.1) is 12.8 Å². The molecular weight excluding hydrogens is 418 g/mol. The summed E-state index contributed by atoms with van der Waals surface area (Å²) in [6, 6.07) is 9.31. The van der Waals surface area contributed by atoms with E-state index in [2.05, 4.69) is 22.1 Å². The molecule has 0 N–H and O–H groups in total. The van der Waals surface area contributed by atoms with Gasteiger partial charge in [0.05, 0.1) is 26.4 Å². The first-order chi connectivity index (χ1) is 14.4. The van der Waals surface area contributed by atoms with Gasteiger partial charge < -0.3 is 4.90 Å². The maximum absolute atomic E-state index is 12.9. The Bertz CT molecular complexity index is 1220. The van der Waals surface area contributed by atoms with Crippen molar-refractivity contribution < 1.29 is 13.2 Å². The van der Waals surface area contributed by atoms with Crippen molar-refractivity contribution in [3.8, 4) is 0 Å². The highest BCUT2D eigenvalue weighted by Gasteiger charge is 2.58. The lowest BCUT2D eigenvalue weighted by Crippen LogP contribution is -2.41. The second kappa shape index (κ2) is 7.13. The molecule has 2 atom stereocenters.